The van der Waals surface area contributed by atoms with Gasteiger partial charge in [0, 0.05) is 32.7 Å². The van der Waals surface area contributed by atoms with Gasteiger partial charge in [-0.25, -0.2) is 0 Å². The number of β-amino-alcohol motifs (C(OH)–C–C–N with tert-alkyl or cyclic N) is 1. The number of nitrogens with zero attached hydrogens (tertiary/aromatic N) is 2. The van der Waals surface area contributed by atoms with E-state index in [4.69, 9.17) is 4.74 Å². The van der Waals surface area contributed by atoms with E-state index in [0.29, 0.717) is 19.1 Å². The molecule has 2 rings (SSSR count). The molecule has 6 heteroatoms. The van der Waals surface area contributed by atoms with Crippen molar-refractivity contribution in [1.82, 2.24) is 9.80 Å². The number of aryl methyl sites for hydroxylation is 1. The lowest BCUT2D eigenvalue weighted by molar-refractivity contribution is 0.0504. The van der Waals surface area contributed by atoms with E-state index < -0.39 is 6.10 Å². The Labute approximate surface area is 159 Å². The van der Waals surface area contributed by atoms with Crippen LogP contribution in [-0.4, -0.2) is 67.4 Å². The molecule has 0 spiro atoms. The highest BCUT2D eigenvalue weighted by Crippen LogP contribution is 2.23. The van der Waals surface area contributed by atoms with E-state index in [-0.39, 0.29) is 24.8 Å². The van der Waals surface area contributed by atoms with Crippen molar-refractivity contribution in [3.05, 3.63) is 29.3 Å². The fourth-order valence-corrected chi connectivity index (χ4v) is 2.96. The van der Waals surface area contributed by atoms with Gasteiger partial charge in [-0.05, 0) is 43.1 Å². The number of halogens is 2. The average Bonchev–Trinajstić information content (AvgIpc) is 2.47. The van der Waals surface area contributed by atoms with Crippen LogP contribution in [0.2, 0.25) is 0 Å². The number of ether oxygens (including phenoxy) is 1. The maximum atomic E-state index is 10.2. The minimum Gasteiger partial charge on any atom is -0.491 e. The van der Waals surface area contributed by atoms with Crippen LogP contribution in [0, 0.1) is 6.92 Å². The van der Waals surface area contributed by atoms with Crippen LogP contribution in [0.4, 0.5) is 0 Å². The van der Waals surface area contributed by atoms with Gasteiger partial charge in [0.1, 0.15) is 18.5 Å². The summed E-state index contributed by atoms with van der Waals surface area (Å²) in [5.74, 6) is 1.37. The van der Waals surface area contributed by atoms with Crippen molar-refractivity contribution >= 4 is 24.8 Å². The fraction of sp³-hybridized carbons (Fsp3) is 0.667. The molecule has 1 atom stereocenters. The predicted octanol–water partition coefficient (Wildman–Crippen LogP) is 2.95. The summed E-state index contributed by atoms with van der Waals surface area (Å²) < 4.78 is 5.76. The molecule has 1 heterocycles. The van der Waals surface area contributed by atoms with Crippen LogP contribution >= 0.6 is 24.8 Å². The highest BCUT2D eigenvalue weighted by atomic mass is 35.5. The quantitative estimate of drug-likeness (QED) is 0.825. The smallest absolute Gasteiger partial charge is 0.119 e. The number of hydrogen-bond acceptors (Lipinski definition) is 4. The molecular formula is C18H32Cl2N2O2. The van der Waals surface area contributed by atoms with E-state index in [1.165, 1.54) is 11.1 Å². The van der Waals surface area contributed by atoms with Crippen molar-refractivity contribution in [2.45, 2.75) is 32.8 Å². The lowest BCUT2D eigenvalue weighted by atomic mass is 9.98. The number of aliphatic hydroxyl groups excluding tert-OH is 1. The third-order valence-electron chi connectivity index (χ3n) is 4.37. The van der Waals surface area contributed by atoms with Gasteiger partial charge in [0.05, 0.1) is 0 Å². The first-order valence-electron chi connectivity index (χ1n) is 8.28. The number of rotatable bonds is 6. The number of piperazine rings is 1. The Bertz CT molecular complexity index is 478. The zero-order valence-electron chi connectivity index (χ0n) is 15.2. The van der Waals surface area contributed by atoms with Gasteiger partial charge in [-0.2, -0.15) is 0 Å². The van der Waals surface area contributed by atoms with E-state index >= 15 is 0 Å². The first-order valence-corrected chi connectivity index (χ1v) is 8.28. The van der Waals surface area contributed by atoms with E-state index in [1.54, 1.807) is 0 Å². The second kappa shape index (κ2) is 11.2. The van der Waals surface area contributed by atoms with Crippen LogP contribution in [0.25, 0.3) is 0 Å². The van der Waals surface area contributed by atoms with Crippen LogP contribution in [0.3, 0.4) is 0 Å². The molecule has 0 bridgehead atoms. The van der Waals surface area contributed by atoms with Crippen LogP contribution < -0.4 is 4.74 Å². The van der Waals surface area contributed by atoms with E-state index in [9.17, 15) is 5.11 Å². The van der Waals surface area contributed by atoms with Gasteiger partial charge in [-0.1, -0.05) is 19.9 Å². The van der Waals surface area contributed by atoms with Crippen LogP contribution in [0.5, 0.6) is 5.75 Å². The van der Waals surface area contributed by atoms with Crippen molar-refractivity contribution in [3.8, 4) is 5.75 Å². The monoisotopic (exact) mass is 378 g/mol. The third-order valence-corrected chi connectivity index (χ3v) is 4.37. The van der Waals surface area contributed by atoms with Gasteiger partial charge >= 0.3 is 0 Å². The summed E-state index contributed by atoms with van der Waals surface area (Å²) in [6, 6.07) is 6.20. The van der Waals surface area contributed by atoms with E-state index in [2.05, 4.69) is 49.8 Å². The predicted molar refractivity (Wildman–Crippen MR) is 105 cm³/mol. The Morgan fingerprint density at radius 3 is 2.29 bits per heavy atom. The van der Waals surface area contributed by atoms with Gasteiger partial charge in [0.25, 0.3) is 0 Å². The maximum Gasteiger partial charge on any atom is 0.119 e. The molecule has 0 aromatic heterocycles. The molecule has 1 fully saturated rings. The van der Waals surface area contributed by atoms with Gasteiger partial charge in [-0.3, -0.25) is 4.90 Å². The summed E-state index contributed by atoms with van der Waals surface area (Å²) in [6.45, 7) is 11.7. The number of likely N-dealkylation sites (N-methyl/N-ethyl adjacent to an activating group) is 1. The van der Waals surface area contributed by atoms with Crippen LogP contribution in [0.1, 0.15) is 30.9 Å². The molecule has 1 aromatic carbocycles. The maximum absolute atomic E-state index is 10.2. The molecule has 1 aliphatic rings. The molecule has 24 heavy (non-hydrogen) atoms. The number of hydrogen-bond donors (Lipinski definition) is 1. The molecule has 1 N–H and O–H groups in total. The third kappa shape index (κ3) is 7.16. The van der Waals surface area contributed by atoms with Crippen molar-refractivity contribution in [2.24, 2.45) is 0 Å². The summed E-state index contributed by atoms with van der Waals surface area (Å²) in [6.07, 6.45) is -0.437. The normalized spacial score (nSPS) is 17.1. The van der Waals surface area contributed by atoms with Crippen molar-refractivity contribution in [1.29, 1.82) is 0 Å². The zero-order chi connectivity index (χ0) is 16.1. The molecule has 0 radical (unpaired) electrons. The molecule has 1 unspecified atom stereocenters. The minimum atomic E-state index is -0.437. The average molecular weight is 379 g/mol. The van der Waals surface area contributed by atoms with Gasteiger partial charge in [-0.15, -0.1) is 24.8 Å². The Kier molecular flexibility index (Phi) is 10.9. The summed E-state index contributed by atoms with van der Waals surface area (Å²) in [7, 11) is 2.14. The fourth-order valence-electron chi connectivity index (χ4n) is 2.96. The molecule has 1 aliphatic heterocycles. The number of aliphatic hydroxyl groups is 1. The van der Waals surface area contributed by atoms with Crippen molar-refractivity contribution < 1.29 is 9.84 Å². The molecule has 4 nitrogen and oxygen atoms in total. The van der Waals surface area contributed by atoms with Gasteiger partial charge in [0.15, 0.2) is 0 Å². The Hall–Kier alpha value is -0.520. The molecule has 1 saturated heterocycles. The van der Waals surface area contributed by atoms with E-state index in [1.807, 2.05) is 6.07 Å². The van der Waals surface area contributed by atoms with Gasteiger partial charge < -0.3 is 14.7 Å². The Morgan fingerprint density at radius 2 is 1.75 bits per heavy atom. The zero-order valence-corrected chi connectivity index (χ0v) is 16.8. The first kappa shape index (κ1) is 23.5. The topological polar surface area (TPSA) is 35.9 Å². The molecular weight excluding hydrogens is 347 g/mol. The van der Waals surface area contributed by atoms with Crippen molar-refractivity contribution in [3.63, 3.8) is 0 Å². The highest BCUT2D eigenvalue weighted by Gasteiger charge is 2.17. The molecule has 140 valence electrons. The standard InChI is InChI=1S/C18H30N2O2.2ClH/c1-14(2)18-6-5-17(11-15(18)3)22-13-16(21)12-20-9-7-19(4)8-10-20;;/h5-6,11,14,16,21H,7-10,12-13H2,1-4H3;2*1H. The molecule has 0 amide bonds. The molecule has 0 aliphatic carbocycles. The Morgan fingerprint density at radius 1 is 1.12 bits per heavy atom. The number of benzene rings is 1. The van der Waals surface area contributed by atoms with Crippen LogP contribution in [0.15, 0.2) is 18.2 Å². The van der Waals surface area contributed by atoms with Crippen LogP contribution in [-0.2, 0) is 0 Å². The summed E-state index contributed by atoms with van der Waals surface area (Å²) in [5.41, 5.74) is 2.60. The first-order chi connectivity index (χ1) is 10.5. The van der Waals surface area contributed by atoms with Gasteiger partial charge in [0.2, 0.25) is 0 Å². The van der Waals surface area contributed by atoms with E-state index in [0.717, 1.165) is 31.9 Å². The second-order valence-electron chi connectivity index (χ2n) is 6.74. The highest BCUT2D eigenvalue weighted by molar-refractivity contribution is 5.85. The van der Waals surface area contributed by atoms with Crippen molar-refractivity contribution in [2.75, 3.05) is 46.4 Å². The largest absolute Gasteiger partial charge is 0.491 e. The molecule has 0 saturated carbocycles. The lowest BCUT2D eigenvalue weighted by Crippen LogP contribution is -2.47. The Balaban J connectivity index is 0.00000264. The SMILES string of the molecule is Cc1cc(OCC(O)CN2CCN(C)CC2)ccc1C(C)C.Cl.Cl. The summed E-state index contributed by atoms with van der Waals surface area (Å²) in [5, 5.41) is 10.2. The lowest BCUT2D eigenvalue weighted by Gasteiger charge is -2.33. The summed E-state index contributed by atoms with van der Waals surface area (Å²) >= 11 is 0. The molecule has 1 aromatic rings. The minimum absolute atomic E-state index is 0. The summed E-state index contributed by atoms with van der Waals surface area (Å²) in [4.78, 5) is 4.62. The second-order valence-corrected chi connectivity index (χ2v) is 6.74.